The van der Waals surface area contributed by atoms with Gasteiger partial charge in [0.1, 0.15) is 12.2 Å². The van der Waals surface area contributed by atoms with Gasteiger partial charge in [-0.3, -0.25) is 14.3 Å². The van der Waals surface area contributed by atoms with E-state index in [-0.39, 0.29) is 12.5 Å². The van der Waals surface area contributed by atoms with E-state index in [1.54, 1.807) is 16.7 Å². The zero-order chi connectivity index (χ0) is 14.7. The van der Waals surface area contributed by atoms with Crippen LogP contribution in [0.15, 0.2) is 29.0 Å². The molecule has 0 aliphatic rings. The van der Waals surface area contributed by atoms with Gasteiger partial charge in [0.25, 0.3) is 5.91 Å². The van der Waals surface area contributed by atoms with E-state index in [4.69, 9.17) is 5.11 Å². The van der Waals surface area contributed by atoms with Gasteiger partial charge in [0.15, 0.2) is 5.82 Å². The van der Waals surface area contributed by atoms with Crippen molar-refractivity contribution in [3.63, 3.8) is 0 Å². The van der Waals surface area contributed by atoms with Crippen LogP contribution in [0.4, 0.5) is 5.82 Å². The number of aryl methyl sites for hydroxylation is 1. The highest BCUT2D eigenvalue weighted by Crippen LogP contribution is 2.16. The summed E-state index contributed by atoms with van der Waals surface area (Å²) in [7, 11) is 0. The summed E-state index contributed by atoms with van der Waals surface area (Å²) in [5.74, 6) is -0.968. The molecule has 0 unspecified atom stereocenters. The highest BCUT2D eigenvalue weighted by Gasteiger charge is 2.13. The van der Waals surface area contributed by atoms with E-state index in [1.807, 2.05) is 13.1 Å². The quantitative estimate of drug-likeness (QED) is 0.868. The predicted molar refractivity (Wildman–Crippen MR) is 75.6 cm³/mol. The molecule has 0 saturated heterocycles. The molecule has 1 amide bonds. The molecule has 0 radical (unpaired) electrons. The number of halogens is 1. The first kappa shape index (κ1) is 14.3. The summed E-state index contributed by atoms with van der Waals surface area (Å²) in [6.07, 6.45) is 3.32. The fourth-order valence-electron chi connectivity index (χ4n) is 1.76. The topological polar surface area (TPSA) is 89.2 Å². The number of anilines is 1. The maximum Gasteiger partial charge on any atom is 0.325 e. The van der Waals surface area contributed by atoms with Crippen LogP contribution in [0.3, 0.4) is 0 Å². The van der Waals surface area contributed by atoms with E-state index in [2.05, 4.69) is 26.3 Å². The average molecular weight is 341 g/mol. The van der Waals surface area contributed by atoms with Gasteiger partial charge in [-0.2, -0.15) is 5.10 Å². The second-order valence-electron chi connectivity index (χ2n) is 4.08. The standard InChI is InChI=1S/C12H13BrN4O3/c1-2-16-6-8(13)5-9(16)12(20)14-10-3-4-17(15-10)7-11(18)19/h3-6H,2,7H2,1H3,(H,18,19)(H,14,15,20). The number of amides is 1. The number of carboxylic acid groups (broad SMARTS) is 1. The van der Waals surface area contributed by atoms with Gasteiger partial charge >= 0.3 is 5.97 Å². The van der Waals surface area contributed by atoms with Crippen LogP contribution < -0.4 is 5.32 Å². The van der Waals surface area contributed by atoms with Crippen molar-refractivity contribution in [2.24, 2.45) is 0 Å². The molecule has 0 aliphatic heterocycles. The lowest BCUT2D eigenvalue weighted by atomic mass is 10.4. The van der Waals surface area contributed by atoms with Crippen LogP contribution in [0.2, 0.25) is 0 Å². The number of aromatic nitrogens is 3. The molecule has 2 rings (SSSR count). The average Bonchev–Trinajstić information content (AvgIpc) is 2.95. The van der Waals surface area contributed by atoms with Crippen LogP contribution in [-0.4, -0.2) is 31.3 Å². The molecular formula is C12H13BrN4O3. The summed E-state index contributed by atoms with van der Waals surface area (Å²) in [4.78, 5) is 22.7. The number of rotatable bonds is 5. The van der Waals surface area contributed by atoms with Crippen LogP contribution in [-0.2, 0) is 17.9 Å². The van der Waals surface area contributed by atoms with Gasteiger partial charge in [0.2, 0.25) is 0 Å². The SMILES string of the molecule is CCn1cc(Br)cc1C(=O)Nc1ccn(CC(=O)O)n1. The molecule has 0 atom stereocenters. The molecule has 7 nitrogen and oxygen atoms in total. The van der Waals surface area contributed by atoms with E-state index < -0.39 is 5.97 Å². The van der Waals surface area contributed by atoms with Crippen LogP contribution in [0.1, 0.15) is 17.4 Å². The van der Waals surface area contributed by atoms with E-state index in [1.165, 1.54) is 10.9 Å². The monoisotopic (exact) mass is 340 g/mol. The van der Waals surface area contributed by atoms with Crippen LogP contribution >= 0.6 is 15.9 Å². The van der Waals surface area contributed by atoms with Gasteiger partial charge in [-0.15, -0.1) is 0 Å². The summed E-state index contributed by atoms with van der Waals surface area (Å²) in [6.45, 7) is 2.36. The lowest BCUT2D eigenvalue weighted by molar-refractivity contribution is -0.137. The fraction of sp³-hybridized carbons (Fsp3) is 0.250. The minimum atomic E-state index is -0.991. The normalized spacial score (nSPS) is 10.5. The zero-order valence-corrected chi connectivity index (χ0v) is 12.3. The first-order chi connectivity index (χ1) is 9.49. The Kier molecular flexibility index (Phi) is 4.23. The molecular weight excluding hydrogens is 328 g/mol. The molecule has 0 aromatic carbocycles. The van der Waals surface area contributed by atoms with E-state index in [0.29, 0.717) is 18.1 Å². The second-order valence-corrected chi connectivity index (χ2v) is 4.99. The summed E-state index contributed by atoms with van der Waals surface area (Å²) in [5, 5.41) is 15.2. The molecule has 0 fully saturated rings. The van der Waals surface area contributed by atoms with Gasteiger partial charge < -0.3 is 15.0 Å². The third-order valence-electron chi connectivity index (χ3n) is 2.62. The molecule has 2 N–H and O–H groups in total. The maximum atomic E-state index is 12.1. The molecule has 0 bridgehead atoms. The number of aliphatic carboxylic acids is 1. The molecule has 20 heavy (non-hydrogen) atoms. The van der Waals surface area contributed by atoms with Gasteiger partial charge in [0, 0.05) is 29.5 Å². The Bertz CT molecular complexity index is 647. The van der Waals surface area contributed by atoms with Crippen molar-refractivity contribution in [2.75, 3.05) is 5.32 Å². The highest BCUT2D eigenvalue weighted by atomic mass is 79.9. The number of nitrogens with one attached hydrogen (secondary N) is 1. The number of hydrogen-bond acceptors (Lipinski definition) is 3. The Balaban J connectivity index is 2.11. The number of carboxylic acids is 1. The third kappa shape index (κ3) is 3.27. The van der Waals surface area contributed by atoms with Gasteiger partial charge in [-0.1, -0.05) is 0 Å². The number of nitrogens with zero attached hydrogens (tertiary/aromatic N) is 3. The minimum Gasteiger partial charge on any atom is -0.480 e. The second kappa shape index (κ2) is 5.91. The Morgan fingerprint density at radius 2 is 2.25 bits per heavy atom. The summed E-state index contributed by atoms with van der Waals surface area (Å²) in [6, 6.07) is 3.27. The van der Waals surface area contributed by atoms with E-state index in [9.17, 15) is 9.59 Å². The van der Waals surface area contributed by atoms with Crippen molar-refractivity contribution in [3.05, 3.63) is 34.7 Å². The smallest absolute Gasteiger partial charge is 0.325 e. The Hall–Kier alpha value is -2.09. The van der Waals surface area contributed by atoms with Crippen LogP contribution in [0.25, 0.3) is 0 Å². The van der Waals surface area contributed by atoms with Crippen molar-refractivity contribution in [3.8, 4) is 0 Å². The van der Waals surface area contributed by atoms with Crippen molar-refractivity contribution >= 4 is 33.6 Å². The minimum absolute atomic E-state index is 0.243. The molecule has 2 aromatic rings. The zero-order valence-electron chi connectivity index (χ0n) is 10.7. The summed E-state index contributed by atoms with van der Waals surface area (Å²) >= 11 is 3.32. The number of carbonyl (C=O) groups is 2. The largest absolute Gasteiger partial charge is 0.480 e. The molecule has 0 spiro atoms. The molecule has 8 heteroatoms. The molecule has 106 valence electrons. The first-order valence-corrected chi connectivity index (χ1v) is 6.71. The Labute approximate surface area is 123 Å². The van der Waals surface area contributed by atoms with Gasteiger partial charge in [-0.05, 0) is 28.9 Å². The fourth-order valence-corrected chi connectivity index (χ4v) is 2.23. The van der Waals surface area contributed by atoms with Gasteiger partial charge in [-0.25, -0.2) is 0 Å². The predicted octanol–water partition coefficient (Wildman–Crippen LogP) is 1.80. The Morgan fingerprint density at radius 1 is 1.50 bits per heavy atom. The van der Waals surface area contributed by atoms with Gasteiger partial charge in [0.05, 0.1) is 0 Å². The van der Waals surface area contributed by atoms with Crippen LogP contribution in [0, 0.1) is 0 Å². The van der Waals surface area contributed by atoms with E-state index in [0.717, 1.165) is 4.47 Å². The molecule has 2 heterocycles. The molecule has 2 aromatic heterocycles. The van der Waals surface area contributed by atoms with Crippen molar-refractivity contribution in [2.45, 2.75) is 20.0 Å². The van der Waals surface area contributed by atoms with Crippen LogP contribution in [0.5, 0.6) is 0 Å². The number of hydrogen-bond donors (Lipinski definition) is 2. The highest BCUT2D eigenvalue weighted by molar-refractivity contribution is 9.10. The molecule has 0 aliphatic carbocycles. The third-order valence-corrected chi connectivity index (χ3v) is 3.05. The summed E-state index contributed by atoms with van der Waals surface area (Å²) < 4.78 is 3.86. The van der Waals surface area contributed by atoms with Crippen molar-refractivity contribution in [1.82, 2.24) is 14.3 Å². The lowest BCUT2D eigenvalue weighted by Gasteiger charge is -2.05. The number of carbonyl (C=O) groups excluding carboxylic acids is 1. The van der Waals surface area contributed by atoms with Crippen molar-refractivity contribution < 1.29 is 14.7 Å². The maximum absolute atomic E-state index is 12.1. The van der Waals surface area contributed by atoms with E-state index >= 15 is 0 Å². The molecule has 0 saturated carbocycles. The Morgan fingerprint density at radius 3 is 2.90 bits per heavy atom. The first-order valence-electron chi connectivity index (χ1n) is 5.92. The lowest BCUT2D eigenvalue weighted by Crippen LogP contribution is -2.17. The van der Waals surface area contributed by atoms with Crippen molar-refractivity contribution in [1.29, 1.82) is 0 Å². The summed E-state index contributed by atoms with van der Waals surface area (Å²) in [5.41, 5.74) is 0.507.